The third-order valence-corrected chi connectivity index (χ3v) is 8.23. The molecular weight excluding hydrogens is 416 g/mol. The summed E-state index contributed by atoms with van der Waals surface area (Å²) in [4.78, 5) is 12.7. The molecule has 152 valence electrons. The lowest BCUT2D eigenvalue weighted by atomic mass is 10.0. The van der Waals surface area contributed by atoms with E-state index in [4.69, 9.17) is 0 Å². The number of hydrogen-bond acceptors (Lipinski definition) is 4. The van der Waals surface area contributed by atoms with E-state index in [1.54, 1.807) is 22.8 Å². The maximum absolute atomic E-state index is 13.4. The highest BCUT2D eigenvalue weighted by atomic mass is 32.2. The van der Waals surface area contributed by atoms with E-state index in [-0.39, 0.29) is 9.77 Å². The summed E-state index contributed by atoms with van der Waals surface area (Å²) in [5.41, 5.74) is 3.58. The van der Waals surface area contributed by atoms with Crippen molar-refractivity contribution in [2.24, 2.45) is 0 Å². The van der Waals surface area contributed by atoms with Crippen molar-refractivity contribution in [3.05, 3.63) is 93.6 Å². The molecule has 0 fully saturated rings. The van der Waals surface area contributed by atoms with Crippen LogP contribution in [0.4, 0.5) is 5.69 Å². The second-order valence-corrected chi connectivity index (χ2v) is 10.2. The molecule has 0 amide bonds. The van der Waals surface area contributed by atoms with Gasteiger partial charge >= 0.3 is 4.87 Å². The van der Waals surface area contributed by atoms with Crippen molar-refractivity contribution < 1.29 is 8.42 Å². The van der Waals surface area contributed by atoms with Crippen molar-refractivity contribution in [1.82, 2.24) is 4.57 Å². The highest BCUT2D eigenvalue weighted by molar-refractivity contribution is 7.92. The van der Waals surface area contributed by atoms with Crippen molar-refractivity contribution in [3.63, 3.8) is 0 Å². The number of thiazole rings is 1. The topological polar surface area (TPSA) is 59.4 Å². The first-order valence-electron chi connectivity index (χ1n) is 9.82. The Balaban J connectivity index is 1.55. The largest absolute Gasteiger partial charge is 0.308 e. The molecule has 0 unspecified atom stereocenters. The van der Waals surface area contributed by atoms with Gasteiger partial charge < -0.3 is 0 Å². The molecule has 5 rings (SSSR count). The molecule has 30 heavy (non-hydrogen) atoms. The molecule has 3 aromatic carbocycles. The Morgan fingerprint density at radius 2 is 1.70 bits per heavy atom. The average Bonchev–Trinajstić information content (AvgIpc) is 3.08. The SMILES string of the molecule is O=c1sc2cc(S(=O)(=O)N3CCCc4ccccc43)ccc2n1Cc1ccccc1. The first kappa shape index (κ1) is 19.1. The molecule has 0 aliphatic carbocycles. The maximum Gasteiger partial charge on any atom is 0.308 e. The van der Waals surface area contributed by atoms with E-state index in [1.807, 2.05) is 54.6 Å². The quantitative estimate of drug-likeness (QED) is 0.480. The Bertz CT molecular complexity index is 1390. The van der Waals surface area contributed by atoms with Gasteiger partial charge in [0.1, 0.15) is 0 Å². The van der Waals surface area contributed by atoms with Crippen LogP contribution < -0.4 is 9.18 Å². The van der Waals surface area contributed by atoms with Crippen LogP contribution in [0.3, 0.4) is 0 Å². The highest BCUT2D eigenvalue weighted by Crippen LogP contribution is 2.33. The molecule has 5 nitrogen and oxygen atoms in total. The Hall–Kier alpha value is -2.90. The summed E-state index contributed by atoms with van der Waals surface area (Å²) in [6.45, 7) is 0.925. The molecule has 4 aromatic rings. The van der Waals surface area contributed by atoms with Gasteiger partial charge in [-0.05, 0) is 48.2 Å². The van der Waals surface area contributed by atoms with E-state index in [0.29, 0.717) is 17.8 Å². The van der Waals surface area contributed by atoms with Crippen LogP contribution in [0.5, 0.6) is 0 Å². The van der Waals surface area contributed by atoms with E-state index < -0.39 is 10.0 Å². The summed E-state index contributed by atoms with van der Waals surface area (Å²) in [6.07, 6.45) is 1.67. The normalized spacial score (nSPS) is 14.1. The predicted octanol–water partition coefficient (Wildman–Crippen LogP) is 4.25. The van der Waals surface area contributed by atoms with E-state index in [9.17, 15) is 13.2 Å². The molecular formula is C23H20N2O3S2. The lowest BCUT2D eigenvalue weighted by Crippen LogP contribution is -2.35. The minimum absolute atomic E-state index is 0.0910. The van der Waals surface area contributed by atoms with E-state index >= 15 is 0 Å². The molecule has 2 heterocycles. The molecule has 0 saturated heterocycles. The van der Waals surface area contributed by atoms with Gasteiger partial charge in [-0.3, -0.25) is 13.7 Å². The van der Waals surface area contributed by atoms with Crippen LogP contribution in [0.2, 0.25) is 0 Å². The third kappa shape index (κ3) is 3.24. The molecule has 0 N–H and O–H groups in total. The molecule has 0 radical (unpaired) electrons. The molecule has 0 saturated carbocycles. The fourth-order valence-electron chi connectivity index (χ4n) is 4.00. The van der Waals surface area contributed by atoms with Crippen molar-refractivity contribution in [2.45, 2.75) is 24.3 Å². The van der Waals surface area contributed by atoms with Crippen LogP contribution in [0.25, 0.3) is 10.2 Å². The number of anilines is 1. The highest BCUT2D eigenvalue weighted by Gasteiger charge is 2.29. The molecule has 1 aliphatic rings. The number of fused-ring (bicyclic) bond motifs is 2. The number of aryl methyl sites for hydroxylation is 1. The maximum atomic E-state index is 13.4. The minimum atomic E-state index is -3.70. The number of benzene rings is 3. The van der Waals surface area contributed by atoms with Gasteiger partial charge in [0, 0.05) is 6.54 Å². The molecule has 1 aliphatic heterocycles. The first-order chi connectivity index (χ1) is 14.5. The zero-order chi connectivity index (χ0) is 20.7. The van der Waals surface area contributed by atoms with Crippen molar-refractivity contribution in [1.29, 1.82) is 0 Å². The molecule has 1 aromatic heterocycles. The van der Waals surface area contributed by atoms with Gasteiger partial charge in [-0.1, -0.05) is 59.9 Å². The Morgan fingerprint density at radius 3 is 2.53 bits per heavy atom. The van der Waals surface area contributed by atoms with Gasteiger partial charge in [0.25, 0.3) is 10.0 Å². The zero-order valence-electron chi connectivity index (χ0n) is 16.2. The van der Waals surface area contributed by atoms with Gasteiger partial charge in [0.2, 0.25) is 0 Å². The monoisotopic (exact) mass is 436 g/mol. The standard InChI is InChI=1S/C23H20N2O3S2/c26-23-24(16-17-7-2-1-3-8-17)21-13-12-19(15-22(21)29-23)30(27,28)25-14-6-10-18-9-4-5-11-20(18)25/h1-5,7-9,11-13,15H,6,10,14,16H2. The van der Waals surface area contributed by atoms with E-state index in [0.717, 1.165) is 46.5 Å². The third-order valence-electron chi connectivity index (χ3n) is 5.48. The van der Waals surface area contributed by atoms with Crippen molar-refractivity contribution in [2.75, 3.05) is 10.8 Å². The van der Waals surface area contributed by atoms with Crippen LogP contribution in [0.1, 0.15) is 17.5 Å². The van der Waals surface area contributed by atoms with Gasteiger partial charge in [-0.15, -0.1) is 0 Å². The smallest absolute Gasteiger partial charge is 0.294 e. The van der Waals surface area contributed by atoms with E-state index in [2.05, 4.69) is 0 Å². The minimum Gasteiger partial charge on any atom is -0.294 e. The fraction of sp³-hybridized carbons (Fsp3) is 0.174. The average molecular weight is 437 g/mol. The lowest BCUT2D eigenvalue weighted by molar-refractivity contribution is 0.586. The van der Waals surface area contributed by atoms with Crippen LogP contribution in [0.15, 0.2) is 82.5 Å². The Labute approximate surface area is 178 Å². The Kier molecular flexibility index (Phi) is 4.72. The van der Waals surface area contributed by atoms with Crippen molar-refractivity contribution in [3.8, 4) is 0 Å². The molecule has 7 heteroatoms. The number of sulfonamides is 1. The van der Waals surface area contributed by atoms with Gasteiger partial charge in [0.15, 0.2) is 0 Å². The second kappa shape index (κ2) is 7.41. The van der Waals surface area contributed by atoms with Crippen LogP contribution in [-0.4, -0.2) is 19.5 Å². The van der Waals surface area contributed by atoms with Gasteiger partial charge in [-0.25, -0.2) is 8.42 Å². The summed E-state index contributed by atoms with van der Waals surface area (Å²) < 4.78 is 30.7. The second-order valence-electron chi connectivity index (χ2n) is 7.38. The molecule has 0 bridgehead atoms. The molecule has 0 spiro atoms. The van der Waals surface area contributed by atoms with Gasteiger partial charge in [-0.2, -0.15) is 0 Å². The van der Waals surface area contributed by atoms with Crippen LogP contribution >= 0.6 is 11.3 Å². The Morgan fingerprint density at radius 1 is 0.933 bits per heavy atom. The number of nitrogens with zero attached hydrogens (tertiary/aromatic N) is 2. The number of rotatable bonds is 4. The van der Waals surface area contributed by atoms with Crippen molar-refractivity contribution >= 4 is 37.3 Å². The lowest BCUT2D eigenvalue weighted by Gasteiger charge is -2.30. The van der Waals surface area contributed by atoms with Crippen LogP contribution in [0, 0.1) is 0 Å². The predicted molar refractivity (Wildman–Crippen MR) is 121 cm³/mol. The van der Waals surface area contributed by atoms with Crippen LogP contribution in [-0.2, 0) is 23.0 Å². The summed E-state index contributed by atoms with van der Waals surface area (Å²) in [6, 6.07) is 22.4. The summed E-state index contributed by atoms with van der Waals surface area (Å²) in [5.74, 6) is 0. The summed E-state index contributed by atoms with van der Waals surface area (Å²) in [7, 11) is -3.70. The fourth-order valence-corrected chi connectivity index (χ4v) is 6.57. The molecule has 0 atom stereocenters. The number of hydrogen-bond donors (Lipinski definition) is 0. The first-order valence-corrected chi connectivity index (χ1v) is 12.1. The summed E-state index contributed by atoms with van der Waals surface area (Å²) in [5, 5.41) is 0. The van der Waals surface area contributed by atoms with E-state index in [1.165, 1.54) is 4.31 Å². The summed E-state index contributed by atoms with van der Waals surface area (Å²) >= 11 is 1.08. The van der Waals surface area contributed by atoms with Gasteiger partial charge in [0.05, 0.1) is 27.3 Å². The zero-order valence-corrected chi connectivity index (χ0v) is 17.8. The number of aromatic nitrogens is 1. The number of para-hydroxylation sites is 1.